The zero-order chi connectivity index (χ0) is 14.3. The van der Waals surface area contributed by atoms with Gasteiger partial charge in [0, 0.05) is 23.2 Å². The Morgan fingerprint density at radius 3 is 2.50 bits per heavy atom. The van der Waals surface area contributed by atoms with Gasteiger partial charge in [-0.05, 0) is 12.1 Å². The maximum Gasteiger partial charge on any atom is 0.340 e. The lowest BCUT2D eigenvalue weighted by molar-refractivity contribution is 0.0601. The Morgan fingerprint density at radius 1 is 1.10 bits per heavy atom. The number of hydrogen-bond acceptors (Lipinski definition) is 5. The van der Waals surface area contributed by atoms with Crippen molar-refractivity contribution in [1.82, 2.24) is 0 Å². The molecule has 0 unspecified atom stereocenters. The van der Waals surface area contributed by atoms with Gasteiger partial charge in [-0.15, -0.1) is 0 Å². The molecule has 0 spiro atoms. The first-order valence-electron chi connectivity index (χ1n) is 5.75. The van der Waals surface area contributed by atoms with E-state index in [0.717, 1.165) is 0 Å². The van der Waals surface area contributed by atoms with Crippen LogP contribution in [-0.4, -0.2) is 13.1 Å². The zero-order valence-corrected chi connectivity index (χ0v) is 11.2. The highest BCUT2D eigenvalue weighted by Crippen LogP contribution is 2.47. The van der Waals surface area contributed by atoms with Crippen molar-refractivity contribution in [3.05, 3.63) is 40.9 Å². The number of halogens is 1. The summed E-state index contributed by atoms with van der Waals surface area (Å²) in [5.41, 5.74) is 6.29. The lowest BCUT2D eigenvalue weighted by Gasteiger charge is -2.21. The van der Waals surface area contributed by atoms with E-state index in [1.54, 1.807) is 18.2 Å². The van der Waals surface area contributed by atoms with Gasteiger partial charge in [0.15, 0.2) is 23.0 Å². The molecule has 2 N–H and O–H groups in total. The molecule has 3 rings (SSSR count). The lowest BCUT2D eigenvalue weighted by atomic mass is 10.1. The largest absolute Gasteiger partial charge is 0.465 e. The van der Waals surface area contributed by atoms with Crippen molar-refractivity contribution in [2.24, 2.45) is 0 Å². The Hall–Kier alpha value is -2.40. The third-order valence-electron chi connectivity index (χ3n) is 2.87. The number of rotatable bonds is 1. The van der Waals surface area contributed by atoms with Gasteiger partial charge in [-0.3, -0.25) is 0 Å². The van der Waals surface area contributed by atoms with Gasteiger partial charge in [0.2, 0.25) is 0 Å². The molecule has 0 saturated carbocycles. The number of anilines is 1. The molecule has 2 aromatic carbocycles. The summed E-state index contributed by atoms with van der Waals surface area (Å²) in [5, 5.41) is 0.537. The second-order valence-corrected chi connectivity index (χ2v) is 4.61. The van der Waals surface area contributed by atoms with Crippen LogP contribution in [0.2, 0.25) is 5.02 Å². The van der Waals surface area contributed by atoms with Crippen LogP contribution >= 0.6 is 11.6 Å². The first kappa shape index (κ1) is 12.6. The predicted molar refractivity (Wildman–Crippen MR) is 73.8 cm³/mol. The summed E-state index contributed by atoms with van der Waals surface area (Å²) < 4.78 is 16.0. The minimum absolute atomic E-state index is 0.229. The number of hydrogen-bond donors (Lipinski definition) is 1. The Kier molecular flexibility index (Phi) is 2.91. The molecule has 6 heteroatoms. The number of fused-ring (bicyclic) bond motifs is 2. The number of ether oxygens (including phenoxy) is 3. The summed E-state index contributed by atoms with van der Waals surface area (Å²) >= 11 is 5.90. The summed E-state index contributed by atoms with van der Waals surface area (Å²) in [5.74, 6) is 1.30. The average Bonchev–Trinajstić information content (AvgIpc) is 2.43. The van der Waals surface area contributed by atoms with Crippen LogP contribution in [0.15, 0.2) is 30.3 Å². The highest BCUT2D eigenvalue weighted by Gasteiger charge is 2.23. The Balaban J connectivity index is 2.06. The van der Waals surface area contributed by atoms with Crippen molar-refractivity contribution in [2.45, 2.75) is 0 Å². The predicted octanol–water partition coefficient (Wildman–Crippen LogP) is 3.61. The summed E-state index contributed by atoms with van der Waals surface area (Å²) in [7, 11) is 1.29. The van der Waals surface area contributed by atoms with Crippen LogP contribution in [0.5, 0.6) is 23.0 Å². The number of carbonyl (C=O) groups excluding carboxylic acids is 1. The first-order valence-corrected chi connectivity index (χ1v) is 6.13. The number of methoxy groups -OCH3 is 1. The molecule has 1 heterocycles. The van der Waals surface area contributed by atoms with Gasteiger partial charge in [0.1, 0.15) is 0 Å². The summed E-state index contributed by atoms with van der Waals surface area (Å²) in [6.45, 7) is 0. The first-order chi connectivity index (χ1) is 9.58. The molecule has 2 aromatic rings. The maximum absolute atomic E-state index is 11.6. The molecule has 0 fully saturated rings. The molecule has 0 saturated heterocycles. The number of nitrogen functional groups attached to an aromatic ring is 1. The van der Waals surface area contributed by atoms with Gasteiger partial charge in [-0.1, -0.05) is 11.6 Å². The minimum atomic E-state index is -0.532. The monoisotopic (exact) mass is 291 g/mol. The normalized spacial score (nSPS) is 11.7. The molecule has 102 valence electrons. The fourth-order valence-corrected chi connectivity index (χ4v) is 2.07. The minimum Gasteiger partial charge on any atom is -0.465 e. The highest BCUT2D eigenvalue weighted by atomic mass is 35.5. The molecule has 0 aliphatic carbocycles. The summed E-state index contributed by atoms with van der Waals surface area (Å²) in [4.78, 5) is 11.6. The lowest BCUT2D eigenvalue weighted by Crippen LogP contribution is -2.08. The SMILES string of the molecule is COC(=O)c1cc2c(cc1N)Oc1cc(Cl)ccc1O2. The molecule has 0 amide bonds. The van der Waals surface area contributed by atoms with Crippen LogP contribution in [-0.2, 0) is 4.74 Å². The molecule has 0 atom stereocenters. The number of esters is 1. The molecule has 1 aliphatic rings. The topological polar surface area (TPSA) is 70.8 Å². The zero-order valence-electron chi connectivity index (χ0n) is 10.5. The molecule has 20 heavy (non-hydrogen) atoms. The number of carbonyl (C=O) groups is 1. The van der Waals surface area contributed by atoms with Crippen molar-refractivity contribution in [3.8, 4) is 23.0 Å². The molecular weight excluding hydrogens is 282 g/mol. The summed E-state index contributed by atoms with van der Waals surface area (Å²) in [6.07, 6.45) is 0. The van der Waals surface area contributed by atoms with Crippen molar-refractivity contribution in [2.75, 3.05) is 12.8 Å². The van der Waals surface area contributed by atoms with Gasteiger partial charge in [-0.2, -0.15) is 0 Å². The Labute approximate surface area is 119 Å². The molecule has 0 aromatic heterocycles. The van der Waals surface area contributed by atoms with Crippen molar-refractivity contribution < 1.29 is 19.0 Å². The van der Waals surface area contributed by atoms with E-state index >= 15 is 0 Å². The van der Waals surface area contributed by atoms with Crippen molar-refractivity contribution >= 4 is 23.3 Å². The van der Waals surface area contributed by atoms with E-state index in [1.165, 1.54) is 19.2 Å². The molecule has 0 radical (unpaired) electrons. The van der Waals surface area contributed by atoms with Crippen LogP contribution in [0.1, 0.15) is 10.4 Å². The van der Waals surface area contributed by atoms with Gasteiger partial charge in [0.25, 0.3) is 0 Å². The average molecular weight is 292 g/mol. The van der Waals surface area contributed by atoms with Crippen LogP contribution in [0.4, 0.5) is 5.69 Å². The van der Waals surface area contributed by atoms with Gasteiger partial charge in [0.05, 0.1) is 18.4 Å². The quantitative estimate of drug-likeness (QED) is 0.548. The van der Waals surface area contributed by atoms with E-state index in [4.69, 9.17) is 26.8 Å². The van der Waals surface area contributed by atoms with Gasteiger partial charge < -0.3 is 19.9 Å². The number of nitrogens with two attached hydrogens (primary N) is 1. The Morgan fingerprint density at radius 2 is 1.75 bits per heavy atom. The third kappa shape index (κ3) is 2.02. The fraction of sp³-hybridized carbons (Fsp3) is 0.0714. The maximum atomic E-state index is 11.6. The Bertz CT molecular complexity index is 715. The molecule has 0 bridgehead atoms. The van der Waals surface area contributed by atoms with E-state index in [2.05, 4.69) is 4.74 Å². The second kappa shape index (κ2) is 4.61. The van der Waals surface area contributed by atoms with E-state index in [9.17, 15) is 4.79 Å². The van der Waals surface area contributed by atoms with E-state index in [1.807, 2.05) is 0 Å². The van der Waals surface area contributed by atoms with Crippen molar-refractivity contribution in [3.63, 3.8) is 0 Å². The number of benzene rings is 2. The van der Waals surface area contributed by atoms with E-state index in [0.29, 0.717) is 28.0 Å². The van der Waals surface area contributed by atoms with Gasteiger partial charge in [-0.25, -0.2) is 4.79 Å². The van der Waals surface area contributed by atoms with Crippen LogP contribution < -0.4 is 15.2 Å². The highest BCUT2D eigenvalue weighted by molar-refractivity contribution is 6.30. The van der Waals surface area contributed by atoms with Crippen molar-refractivity contribution in [1.29, 1.82) is 0 Å². The standard InChI is InChI=1S/C14H10ClNO4/c1-18-14(17)8-5-12-13(6-9(8)16)20-11-4-7(15)2-3-10(11)19-12/h2-6H,16H2,1H3. The van der Waals surface area contributed by atoms with Crippen LogP contribution in [0.3, 0.4) is 0 Å². The summed E-state index contributed by atoms with van der Waals surface area (Å²) in [6, 6.07) is 8.03. The van der Waals surface area contributed by atoms with Crippen LogP contribution in [0.25, 0.3) is 0 Å². The second-order valence-electron chi connectivity index (χ2n) is 4.17. The fourth-order valence-electron chi connectivity index (χ4n) is 1.90. The smallest absolute Gasteiger partial charge is 0.340 e. The molecule has 1 aliphatic heterocycles. The van der Waals surface area contributed by atoms with E-state index in [-0.39, 0.29) is 11.3 Å². The van der Waals surface area contributed by atoms with E-state index < -0.39 is 5.97 Å². The molecule has 5 nitrogen and oxygen atoms in total. The molecular formula is C14H10ClNO4. The van der Waals surface area contributed by atoms with Gasteiger partial charge >= 0.3 is 5.97 Å². The third-order valence-corrected chi connectivity index (χ3v) is 3.10. The van der Waals surface area contributed by atoms with Crippen LogP contribution in [0, 0.1) is 0 Å².